The molecule has 0 radical (unpaired) electrons. The lowest BCUT2D eigenvalue weighted by atomic mass is 10.1. The molecule has 1 aromatic heterocycles. The first-order valence-electron chi connectivity index (χ1n) is 9.03. The molecule has 0 fully saturated rings. The van der Waals surface area contributed by atoms with Gasteiger partial charge in [-0.1, -0.05) is 18.2 Å². The lowest BCUT2D eigenvalue weighted by Crippen LogP contribution is -2.47. The quantitative estimate of drug-likeness (QED) is 0.510. The van der Waals surface area contributed by atoms with Crippen molar-refractivity contribution in [3.63, 3.8) is 0 Å². The van der Waals surface area contributed by atoms with Crippen LogP contribution in [0, 0.1) is 0 Å². The Bertz CT molecular complexity index is 928. The Balaban J connectivity index is 2.04. The molecule has 0 aliphatic heterocycles. The van der Waals surface area contributed by atoms with Crippen molar-refractivity contribution in [1.82, 2.24) is 0 Å². The summed E-state index contributed by atoms with van der Waals surface area (Å²) in [6.07, 6.45) is 0.814. The molecule has 1 heterocycles. The number of quaternary nitrogens is 1. The molecule has 0 bridgehead atoms. The van der Waals surface area contributed by atoms with E-state index in [9.17, 15) is 9.90 Å². The summed E-state index contributed by atoms with van der Waals surface area (Å²) in [4.78, 5) is 12.9. The monoisotopic (exact) mass is 356 g/mol. The summed E-state index contributed by atoms with van der Waals surface area (Å²) in [7, 11) is 0. The molecular formula is C21H26NO2S+. The number of rotatable bonds is 7. The first kappa shape index (κ1) is 18.1. The van der Waals surface area contributed by atoms with E-state index in [1.807, 2.05) is 24.3 Å². The van der Waals surface area contributed by atoms with Crippen LogP contribution in [0.15, 0.2) is 47.3 Å². The van der Waals surface area contributed by atoms with Gasteiger partial charge in [-0.25, -0.2) is 0 Å². The average Bonchev–Trinajstić information content (AvgIpc) is 2.66. The third-order valence-electron chi connectivity index (χ3n) is 5.29. The predicted molar refractivity (Wildman–Crippen MR) is 107 cm³/mol. The molecule has 0 aliphatic carbocycles. The summed E-state index contributed by atoms with van der Waals surface area (Å²) >= 11 is 1.68. The second kappa shape index (κ2) is 7.65. The zero-order valence-corrected chi connectivity index (χ0v) is 15.8. The number of aliphatic hydroxyl groups is 1. The topological polar surface area (TPSA) is 37.3 Å². The zero-order chi connectivity index (χ0) is 17.9. The number of nitrogens with zero attached hydrogens (tertiary/aromatic N) is 1. The maximum atomic E-state index is 12.9. The largest absolute Gasteiger partial charge is 0.396 e. The summed E-state index contributed by atoms with van der Waals surface area (Å²) in [6, 6.07) is 14.2. The van der Waals surface area contributed by atoms with Gasteiger partial charge >= 0.3 is 0 Å². The Morgan fingerprint density at radius 2 is 1.72 bits per heavy atom. The molecule has 1 N–H and O–H groups in total. The van der Waals surface area contributed by atoms with Gasteiger partial charge in [0.2, 0.25) is 0 Å². The van der Waals surface area contributed by atoms with Crippen molar-refractivity contribution < 1.29 is 9.59 Å². The third-order valence-corrected chi connectivity index (χ3v) is 6.44. The SMILES string of the molecule is CC[N+](CC)(CCCO)Cc1ccc2sc3ccccc3c(=O)c2c1. The van der Waals surface area contributed by atoms with Crippen LogP contribution in [0.1, 0.15) is 25.8 Å². The summed E-state index contributed by atoms with van der Waals surface area (Å²) in [5.74, 6) is 0. The van der Waals surface area contributed by atoms with E-state index in [4.69, 9.17) is 0 Å². The molecule has 3 rings (SSSR count). The first-order valence-corrected chi connectivity index (χ1v) is 9.84. The molecule has 0 atom stereocenters. The molecule has 132 valence electrons. The van der Waals surface area contributed by atoms with Crippen molar-refractivity contribution in [2.75, 3.05) is 26.2 Å². The van der Waals surface area contributed by atoms with E-state index in [2.05, 4.69) is 32.0 Å². The van der Waals surface area contributed by atoms with Gasteiger partial charge in [-0.15, -0.1) is 11.3 Å². The maximum Gasteiger partial charge on any atom is 0.195 e. The van der Waals surface area contributed by atoms with Gasteiger partial charge in [0, 0.05) is 38.8 Å². The van der Waals surface area contributed by atoms with Crippen LogP contribution in [0.2, 0.25) is 0 Å². The minimum absolute atomic E-state index is 0.132. The fourth-order valence-corrected chi connectivity index (χ4v) is 4.64. The molecule has 0 amide bonds. The Labute approximate surface area is 152 Å². The molecule has 0 saturated heterocycles. The van der Waals surface area contributed by atoms with Crippen LogP contribution in [-0.2, 0) is 6.54 Å². The van der Waals surface area contributed by atoms with Crippen LogP contribution in [0.25, 0.3) is 20.2 Å². The van der Waals surface area contributed by atoms with E-state index in [1.165, 1.54) is 5.56 Å². The van der Waals surface area contributed by atoms with E-state index in [0.29, 0.717) is 0 Å². The van der Waals surface area contributed by atoms with E-state index in [1.54, 1.807) is 11.3 Å². The molecular weight excluding hydrogens is 330 g/mol. The number of aliphatic hydroxyl groups excluding tert-OH is 1. The van der Waals surface area contributed by atoms with Crippen molar-refractivity contribution in [3.8, 4) is 0 Å². The van der Waals surface area contributed by atoms with Crippen LogP contribution in [0.5, 0.6) is 0 Å². The van der Waals surface area contributed by atoms with Gasteiger partial charge in [0.15, 0.2) is 5.43 Å². The molecule has 0 unspecified atom stereocenters. The van der Waals surface area contributed by atoms with Gasteiger partial charge in [0.1, 0.15) is 6.54 Å². The molecule has 2 aromatic carbocycles. The molecule has 0 aliphatic rings. The minimum Gasteiger partial charge on any atom is -0.396 e. The molecule has 0 saturated carbocycles. The Morgan fingerprint density at radius 3 is 2.44 bits per heavy atom. The molecule has 0 spiro atoms. The van der Waals surface area contributed by atoms with Gasteiger partial charge < -0.3 is 9.59 Å². The average molecular weight is 357 g/mol. The lowest BCUT2D eigenvalue weighted by Gasteiger charge is -2.37. The summed E-state index contributed by atoms with van der Waals surface area (Å²) in [6.45, 7) is 8.56. The van der Waals surface area contributed by atoms with Crippen molar-refractivity contribution in [2.24, 2.45) is 0 Å². The molecule has 3 nitrogen and oxygen atoms in total. The number of hydrogen-bond donors (Lipinski definition) is 1. The van der Waals surface area contributed by atoms with Crippen molar-refractivity contribution >= 4 is 31.5 Å². The zero-order valence-electron chi connectivity index (χ0n) is 15.0. The van der Waals surface area contributed by atoms with Crippen molar-refractivity contribution in [2.45, 2.75) is 26.8 Å². The number of hydrogen-bond acceptors (Lipinski definition) is 3. The highest BCUT2D eigenvalue weighted by molar-refractivity contribution is 7.24. The van der Waals surface area contributed by atoms with Crippen molar-refractivity contribution in [1.29, 1.82) is 0 Å². The standard InChI is InChI=1S/C21H26NO2S/c1-3-22(4-2,12-7-13-23)15-16-10-11-20-18(14-16)21(24)17-8-5-6-9-19(17)25-20/h5-6,8-11,14,23H,3-4,7,12-13,15H2,1-2H3/q+1. The highest BCUT2D eigenvalue weighted by Gasteiger charge is 2.23. The summed E-state index contributed by atoms with van der Waals surface area (Å²) in [5.41, 5.74) is 1.33. The van der Waals surface area contributed by atoms with Crippen LogP contribution in [0.4, 0.5) is 0 Å². The van der Waals surface area contributed by atoms with E-state index in [0.717, 1.165) is 57.3 Å². The number of benzene rings is 2. The van der Waals surface area contributed by atoms with Crippen LogP contribution < -0.4 is 5.43 Å². The van der Waals surface area contributed by atoms with Gasteiger partial charge in [0.25, 0.3) is 0 Å². The normalized spacial score (nSPS) is 12.1. The fourth-order valence-electron chi connectivity index (χ4n) is 3.58. The Kier molecular flexibility index (Phi) is 5.52. The number of fused-ring (bicyclic) bond motifs is 2. The summed E-state index contributed by atoms with van der Waals surface area (Å²) in [5, 5.41) is 10.9. The Morgan fingerprint density at radius 1 is 1.00 bits per heavy atom. The van der Waals surface area contributed by atoms with Gasteiger partial charge in [-0.3, -0.25) is 4.79 Å². The maximum absolute atomic E-state index is 12.9. The minimum atomic E-state index is 0.132. The van der Waals surface area contributed by atoms with E-state index >= 15 is 0 Å². The highest BCUT2D eigenvalue weighted by Crippen LogP contribution is 2.26. The van der Waals surface area contributed by atoms with Crippen LogP contribution in [0.3, 0.4) is 0 Å². The van der Waals surface area contributed by atoms with E-state index in [-0.39, 0.29) is 12.0 Å². The smallest absolute Gasteiger partial charge is 0.195 e. The summed E-state index contributed by atoms with van der Waals surface area (Å²) < 4.78 is 3.04. The molecule has 25 heavy (non-hydrogen) atoms. The first-order chi connectivity index (χ1) is 12.1. The van der Waals surface area contributed by atoms with E-state index < -0.39 is 0 Å². The van der Waals surface area contributed by atoms with Crippen LogP contribution in [-0.4, -0.2) is 35.8 Å². The third kappa shape index (κ3) is 3.61. The lowest BCUT2D eigenvalue weighted by molar-refractivity contribution is -0.938. The van der Waals surface area contributed by atoms with Gasteiger partial charge in [0.05, 0.1) is 19.6 Å². The fraction of sp³-hybridized carbons (Fsp3) is 0.381. The highest BCUT2D eigenvalue weighted by atomic mass is 32.1. The predicted octanol–water partition coefficient (Wildman–Crippen LogP) is 4.15. The second-order valence-electron chi connectivity index (χ2n) is 6.69. The van der Waals surface area contributed by atoms with Gasteiger partial charge in [-0.2, -0.15) is 0 Å². The molecule has 3 aromatic rings. The Hall–Kier alpha value is -1.75. The van der Waals surface area contributed by atoms with Gasteiger partial charge in [-0.05, 0) is 38.1 Å². The molecule has 4 heteroatoms. The second-order valence-corrected chi connectivity index (χ2v) is 7.77. The van der Waals surface area contributed by atoms with Crippen molar-refractivity contribution in [3.05, 3.63) is 58.3 Å². The van der Waals surface area contributed by atoms with Crippen LogP contribution >= 0.6 is 11.3 Å².